The molecule has 0 fully saturated rings. The summed E-state index contributed by atoms with van der Waals surface area (Å²) in [6.07, 6.45) is 1.61. The number of hydrogen-bond acceptors (Lipinski definition) is 7. The van der Waals surface area contributed by atoms with Gasteiger partial charge in [-0.1, -0.05) is 16.9 Å². The molecule has 0 aliphatic heterocycles. The Hall–Kier alpha value is -2.09. The van der Waals surface area contributed by atoms with Crippen molar-refractivity contribution >= 4 is 11.8 Å². The van der Waals surface area contributed by atoms with Crippen LogP contribution in [0.4, 0.5) is 0 Å². The lowest BCUT2D eigenvalue weighted by Gasteiger charge is -1.99. The molecule has 0 unspecified atom stereocenters. The summed E-state index contributed by atoms with van der Waals surface area (Å²) in [5, 5.41) is 12.8. The second kappa shape index (κ2) is 4.88. The van der Waals surface area contributed by atoms with Gasteiger partial charge in [0.2, 0.25) is 5.89 Å². The van der Waals surface area contributed by atoms with E-state index in [0.29, 0.717) is 29.1 Å². The van der Waals surface area contributed by atoms with Gasteiger partial charge >= 0.3 is 0 Å². The lowest BCUT2D eigenvalue weighted by atomic mass is 10.4. The van der Waals surface area contributed by atoms with Gasteiger partial charge in [-0.25, -0.2) is 0 Å². The molecule has 0 saturated carbocycles. The number of rotatable bonds is 4. The van der Waals surface area contributed by atoms with E-state index >= 15 is 0 Å². The van der Waals surface area contributed by atoms with Gasteiger partial charge in [0.15, 0.2) is 22.6 Å². The Bertz CT molecular complexity index is 673. The molecule has 0 spiro atoms. The fourth-order valence-electron chi connectivity index (χ4n) is 1.59. The number of furan rings is 1. The van der Waals surface area contributed by atoms with Crippen molar-refractivity contribution in [3.63, 3.8) is 0 Å². The molecule has 0 amide bonds. The molecule has 19 heavy (non-hydrogen) atoms. The van der Waals surface area contributed by atoms with E-state index in [9.17, 15) is 0 Å². The monoisotopic (exact) mass is 277 g/mol. The normalized spacial score (nSPS) is 11.1. The van der Waals surface area contributed by atoms with E-state index in [-0.39, 0.29) is 0 Å². The van der Waals surface area contributed by atoms with E-state index < -0.39 is 0 Å². The summed E-state index contributed by atoms with van der Waals surface area (Å²) in [5.74, 6) is 3.17. The minimum absolute atomic E-state index is 0.560. The third-order valence-corrected chi connectivity index (χ3v) is 3.49. The van der Waals surface area contributed by atoms with Crippen LogP contribution in [0.5, 0.6) is 0 Å². The zero-order chi connectivity index (χ0) is 13.2. The molecule has 7 nitrogen and oxygen atoms in total. The summed E-state index contributed by atoms with van der Waals surface area (Å²) >= 11 is 1.49. The number of aryl methyl sites for hydroxylation is 1. The molecule has 3 rings (SSSR count). The Morgan fingerprint density at radius 3 is 2.95 bits per heavy atom. The first-order valence-electron chi connectivity index (χ1n) is 5.59. The van der Waals surface area contributed by atoms with Crippen LogP contribution in [0.1, 0.15) is 11.7 Å². The van der Waals surface area contributed by atoms with Crippen LogP contribution in [0.2, 0.25) is 0 Å². The van der Waals surface area contributed by atoms with Crippen molar-refractivity contribution < 1.29 is 8.94 Å². The van der Waals surface area contributed by atoms with Gasteiger partial charge in [-0.3, -0.25) is 0 Å². The van der Waals surface area contributed by atoms with Crippen molar-refractivity contribution in [2.75, 3.05) is 0 Å². The molecule has 8 heteroatoms. The van der Waals surface area contributed by atoms with E-state index in [1.807, 2.05) is 23.7 Å². The average Bonchev–Trinajstić information content (AvgIpc) is 3.09. The maximum absolute atomic E-state index is 5.31. The van der Waals surface area contributed by atoms with Gasteiger partial charge in [-0.05, 0) is 12.1 Å². The lowest BCUT2D eigenvalue weighted by Crippen LogP contribution is -1.94. The molecule has 0 bridgehead atoms. The summed E-state index contributed by atoms with van der Waals surface area (Å²) in [6.45, 7) is 1.76. The quantitative estimate of drug-likeness (QED) is 0.675. The van der Waals surface area contributed by atoms with Gasteiger partial charge in [-0.2, -0.15) is 4.98 Å². The topological polar surface area (TPSA) is 82.8 Å². The van der Waals surface area contributed by atoms with Crippen molar-refractivity contribution in [2.24, 2.45) is 7.05 Å². The van der Waals surface area contributed by atoms with Crippen LogP contribution in [-0.2, 0) is 12.8 Å². The molecule has 3 heterocycles. The van der Waals surface area contributed by atoms with E-state index in [0.717, 1.165) is 5.16 Å². The van der Waals surface area contributed by atoms with Crippen molar-refractivity contribution in [3.05, 3.63) is 30.1 Å². The standard InChI is InChI=1S/C11H11N5O2S/c1-7-12-9(15-18-7)6-19-11-14-13-10(16(11)2)8-4-3-5-17-8/h3-5H,6H2,1-2H3. The fraction of sp³-hybridized carbons (Fsp3) is 0.273. The average molecular weight is 277 g/mol. The molecule has 3 aromatic heterocycles. The van der Waals surface area contributed by atoms with Crippen molar-refractivity contribution in [2.45, 2.75) is 17.8 Å². The van der Waals surface area contributed by atoms with Crippen LogP contribution in [0, 0.1) is 6.92 Å². The number of thioether (sulfide) groups is 1. The largest absolute Gasteiger partial charge is 0.461 e. The highest BCUT2D eigenvalue weighted by Gasteiger charge is 2.14. The third-order valence-electron chi connectivity index (χ3n) is 2.48. The van der Waals surface area contributed by atoms with Gasteiger partial charge < -0.3 is 13.5 Å². The number of nitrogens with zero attached hydrogens (tertiary/aromatic N) is 5. The number of aromatic nitrogens is 5. The second-order valence-electron chi connectivity index (χ2n) is 3.86. The minimum atomic E-state index is 0.560. The molecule has 0 saturated heterocycles. The van der Waals surface area contributed by atoms with Gasteiger partial charge in [0.25, 0.3) is 0 Å². The number of hydrogen-bond donors (Lipinski definition) is 0. The first-order chi connectivity index (χ1) is 9.24. The molecule has 98 valence electrons. The van der Waals surface area contributed by atoms with Crippen LogP contribution in [-0.4, -0.2) is 24.9 Å². The second-order valence-corrected chi connectivity index (χ2v) is 4.80. The Morgan fingerprint density at radius 1 is 1.37 bits per heavy atom. The predicted molar refractivity (Wildman–Crippen MR) is 67.3 cm³/mol. The molecular weight excluding hydrogens is 266 g/mol. The summed E-state index contributed by atoms with van der Waals surface area (Å²) < 4.78 is 12.1. The summed E-state index contributed by atoms with van der Waals surface area (Å²) in [4.78, 5) is 4.14. The van der Waals surface area contributed by atoms with E-state index in [2.05, 4.69) is 20.3 Å². The Balaban J connectivity index is 1.75. The molecule has 0 atom stereocenters. The highest BCUT2D eigenvalue weighted by molar-refractivity contribution is 7.98. The van der Waals surface area contributed by atoms with E-state index in [4.69, 9.17) is 8.94 Å². The predicted octanol–water partition coefficient (Wildman–Crippen LogP) is 2.06. The minimum Gasteiger partial charge on any atom is -0.461 e. The van der Waals surface area contributed by atoms with Gasteiger partial charge in [-0.15, -0.1) is 10.2 Å². The molecule has 0 aromatic carbocycles. The molecule has 3 aromatic rings. The van der Waals surface area contributed by atoms with Crippen molar-refractivity contribution in [1.82, 2.24) is 24.9 Å². The molecule has 0 radical (unpaired) electrons. The van der Waals surface area contributed by atoms with Gasteiger partial charge in [0.1, 0.15) is 0 Å². The van der Waals surface area contributed by atoms with E-state index in [1.165, 1.54) is 11.8 Å². The molecule has 0 aliphatic rings. The smallest absolute Gasteiger partial charge is 0.223 e. The Morgan fingerprint density at radius 2 is 2.26 bits per heavy atom. The highest BCUT2D eigenvalue weighted by Crippen LogP contribution is 2.24. The molecule has 0 aliphatic carbocycles. The summed E-state index contributed by atoms with van der Waals surface area (Å²) in [6, 6.07) is 3.67. The SMILES string of the molecule is Cc1nc(CSc2nnc(-c3ccco3)n2C)no1. The van der Waals surface area contributed by atoms with Crippen LogP contribution in [0.25, 0.3) is 11.6 Å². The fourth-order valence-corrected chi connectivity index (χ4v) is 2.34. The van der Waals surface area contributed by atoms with Gasteiger partial charge in [0.05, 0.1) is 12.0 Å². The van der Waals surface area contributed by atoms with Crippen LogP contribution in [0.3, 0.4) is 0 Å². The molecule has 0 N–H and O–H groups in total. The Kier molecular flexibility index (Phi) is 3.08. The van der Waals surface area contributed by atoms with Crippen LogP contribution >= 0.6 is 11.8 Å². The Labute approximate surface area is 113 Å². The maximum atomic E-state index is 5.31. The van der Waals surface area contributed by atoms with Crippen LogP contribution in [0.15, 0.2) is 32.5 Å². The van der Waals surface area contributed by atoms with Crippen LogP contribution < -0.4 is 0 Å². The maximum Gasteiger partial charge on any atom is 0.223 e. The van der Waals surface area contributed by atoms with E-state index in [1.54, 1.807) is 13.2 Å². The lowest BCUT2D eigenvalue weighted by molar-refractivity contribution is 0.389. The summed E-state index contributed by atoms with van der Waals surface area (Å²) in [5.41, 5.74) is 0. The zero-order valence-electron chi connectivity index (χ0n) is 10.4. The third kappa shape index (κ3) is 2.39. The zero-order valence-corrected chi connectivity index (χ0v) is 11.2. The van der Waals surface area contributed by atoms with Gasteiger partial charge in [0, 0.05) is 14.0 Å². The first kappa shape index (κ1) is 12.0. The van der Waals surface area contributed by atoms with Crippen molar-refractivity contribution in [3.8, 4) is 11.6 Å². The van der Waals surface area contributed by atoms with Crippen molar-refractivity contribution in [1.29, 1.82) is 0 Å². The first-order valence-corrected chi connectivity index (χ1v) is 6.58. The highest BCUT2D eigenvalue weighted by atomic mass is 32.2. The molecular formula is C11H11N5O2S. The summed E-state index contributed by atoms with van der Waals surface area (Å²) in [7, 11) is 1.89.